The molecule has 132 valence electrons. The van der Waals surface area contributed by atoms with Crippen LogP contribution in [0.3, 0.4) is 0 Å². The predicted octanol–water partition coefficient (Wildman–Crippen LogP) is 2.42. The first-order valence-electron chi connectivity index (χ1n) is 8.82. The van der Waals surface area contributed by atoms with E-state index in [1.807, 2.05) is 24.3 Å². The molecule has 0 unspecified atom stereocenters. The van der Waals surface area contributed by atoms with Gasteiger partial charge in [-0.25, -0.2) is 9.97 Å². The molecule has 1 aliphatic carbocycles. The standard InChI is InChI=1S/C19H24N4O2/c1-19(4-5-19)25-16-2-3-17(20)14(11-16)10-15-12-18(22-13-21-15)23-6-8-24-9-7-23/h2-3,11-13H,4-10,20H2,1H3. The van der Waals surface area contributed by atoms with E-state index in [4.69, 9.17) is 15.2 Å². The first-order chi connectivity index (χ1) is 12.1. The van der Waals surface area contributed by atoms with Crippen LogP contribution in [-0.4, -0.2) is 41.9 Å². The van der Waals surface area contributed by atoms with Gasteiger partial charge in [0.25, 0.3) is 0 Å². The largest absolute Gasteiger partial charge is 0.488 e. The van der Waals surface area contributed by atoms with Crippen molar-refractivity contribution in [3.8, 4) is 5.75 Å². The lowest BCUT2D eigenvalue weighted by molar-refractivity contribution is 0.122. The number of nitrogens with zero attached hydrogens (tertiary/aromatic N) is 3. The van der Waals surface area contributed by atoms with E-state index in [9.17, 15) is 0 Å². The molecule has 6 nitrogen and oxygen atoms in total. The second-order valence-electron chi connectivity index (χ2n) is 7.06. The first kappa shape index (κ1) is 16.1. The van der Waals surface area contributed by atoms with Crippen LogP contribution in [0.1, 0.15) is 31.0 Å². The van der Waals surface area contributed by atoms with Gasteiger partial charge in [0.1, 0.15) is 23.5 Å². The summed E-state index contributed by atoms with van der Waals surface area (Å²) in [5, 5.41) is 0. The number of ether oxygens (including phenoxy) is 2. The average molecular weight is 340 g/mol. The third-order valence-corrected chi connectivity index (χ3v) is 4.85. The Morgan fingerprint density at radius 3 is 2.76 bits per heavy atom. The van der Waals surface area contributed by atoms with E-state index >= 15 is 0 Å². The normalized spacial score (nSPS) is 18.8. The van der Waals surface area contributed by atoms with Crippen molar-refractivity contribution in [3.63, 3.8) is 0 Å². The van der Waals surface area contributed by atoms with E-state index in [0.717, 1.165) is 67.7 Å². The van der Waals surface area contributed by atoms with Gasteiger partial charge >= 0.3 is 0 Å². The molecular weight excluding hydrogens is 316 g/mol. The average Bonchev–Trinajstić information content (AvgIpc) is 3.36. The third-order valence-electron chi connectivity index (χ3n) is 4.85. The Hall–Kier alpha value is -2.34. The van der Waals surface area contributed by atoms with E-state index < -0.39 is 0 Å². The number of morpholine rings is 1. The zero-order valence-electron chi connectivity index (χ0n) is 14.6. The molecule has 2 heterocycles. The summed E-state index contributed by atoms with van der Waals surface area (Å²) in [5.41, 5.74) is 8.93. The summed E-state index contributed by atoms with van der Waals surface area (Å²) in [6.45, 7) is 5.35. The van der Waals surface area contributed by atoms with Gasteiger partial charge < -0.3 is 20.1 Å². The van der Waals surface area contributed by atoms with Crippen LogP contribution < -0.4 is 15.4 Å². The van der Waals surface area contributed by atoms with Gasteiger partial charge in [-0.1, -0.05) is 0 Å². The minimum atomic E-state index is 0.00576. The molecule has 6 heteroatoms. The summed E-state index contributed by atoms with van der Waals surface area (Å²) in [5.74, 6) is 1.83. The quantitative estimate of drug-likeness (QED) is 0.843. The van der Waals surface area contributed by atoms with Crippen LogP contribution in [0.5, 0.6) is 5.75 Å². The van der Waals surface area contributed by atoms with Gasteiger partial charge in [-0.3, -0.25) is 0 Å². The predicted molar refractivity (Wildman–Crippen MR) is 97.0 cm³/mol. The van der Waals surface area contributed by atoms with E-state index in [-0.39, 0.29) is 5.60 Å². The molecule has 1 aliphatic heterocycles. The van der Waals surface area contributed by atoms with E-state index in [2.05, 4.69) is 21.8 Å². The number of hydrogen-bond donors (Lipinski definition) is 1. The molecule has 1 saturated heterocycles. The molecule has 1 aromatic carbocycles. The second kappa shape index (κ2) is 6.52. The lowest BCUT2D eigenvalue weighted by atomic mass is 10.1. The number of nitrogens with two attached hydrogens (primary N) is 1. The number of rotatable bonds is 5. The Kier molecular flexibility index (Phi) is 4.21. The van der Waals surface area contributed by atoms with Crippen LogP contribution in [0.2, 0.25) is 0 Å². The molecule has 4 rings (SSSR count). The zero-order chi connectivity index (χ0) is 17.3. The van der Waals surface area contributed by atoms with E-state index in [1.54, 1.807) is 6.33 Å². The molecule has 1 saturated carbocycles. The smallest absolute Gasteiger partial charge is 0.132 e. The zero-order valence-corrected chi connectivity index (χ0v) is 14.6. The molecule has 25 heavy (non-hydrogen) atoms. The number of hydrogen-bond acceptors (Lipinski definition) is 6. The van der Waals surface area contributed by atoms with Gasteiger partial charge in [0.2, 0.25) is 0 Å². The highest BCUT2D eigenvalue weighted by atomic mass is 16.5. The Morgan fingerprint density at radius 2 is 2.00 bits per heavy atom. The Morgan fingerprint density at radius 1 is 1.20 bits per heavy atom. The van der Waals surface area contributed by atoms with Crippen molar-refractivity contribution in [2.75, 3.05) is 36.9 Å². The van der Waals surface area contributed by atoms with Crippen molar-refractivity contribution in [2.45, 2.75) is 31.8 Å². The molecule has 0 spiro atoms. The number of anilines is 2. The molecule has 0 bridgehead atoms. The monoisotopic (exact) mass is 340 g/mol. The molecule has 2 fully saturated rings. The highest BCUT2D eigenvalue weighted by Crippen LogP contribution is 2.40. The molecule has 0 radical (unpaired) electrons. The Balaban J connectivity index is 1.52. The summed E-state index contributed by atoms with van der Waals surface area (Å²) in [4.78, 5) is 11.1. The van der Waals surface area contributed by atoms with Crippen LogP contribution in [-0.2, 0) is 11.2 Å². The van der Waals surface area contributed by atoms with Crippen LogP contribution in [0.4, 0.5) is 11.5 Å². The number of nitrogen functional groups attached to an aromatic ring is 1. The van der Waals surface area contributed by atoms with Gasteiger partial charge in [0, 0.05) is 31.3 Å². The van der Waals surface area contributed by atoms with Crippen LogP contribution >= 0.6 is 0 Å². The van der Waals surface area contributed by atoms with Crippen LogP contribution in [0, 0.1) is 0 Å². The fourth-order valence-electron chi connectivity index (χ4n) is 3.00. The fraction of sp³-hybridized carbons (Fsp3) is 0.474. The minimum Gasteiger partial charge on any atom is -0.488 e. The van der Waals surface area contributed by atoms with Gasteiger partial charge in [-0.2, -0.15) is 0 Å². The van der Waals surface area contributed by atoms with E-state index in [1.165, 1.54) is 0 Å². The van der Waals surface area contributed by atoms with Crippen molar-refractivity contribution in [2.24, 2.45) is 0 Å². The SMILES string of the molecule is CC1(Oc2ccc(N)c(Cc3cc(N4CCOCC4)ncn3)c2)CC1. The summed E-state index contributed by atoms with van der Waals surface area (Å²) >= 11 is 0. The minimum absolute atomic E-state index is 0.00576. The highest BCUT2D eigenvalue weighted by molar-refractivity contribution is 5.52. The van der Waals surface area contributed by atoms with Crippen molar-refractivity contribution in [3.05, 3.63) is 41.9 Å². The summed E-state index contributed by atoms with van der Waals surface area (Å²) in [6.07, 6.45) is 4.52. The van der Waals surface area contributed by atoms with Gasteiger partial charge in [-0.15, -0.1) is 0 Å². The fourth-order valence-corrected chi connectivity index (χ4v) is 3.00. The van der Waals surface area contributed by atoms with Crippen LogP contribution in [0.15, 0.2) is 30.6 Å². The van der Waals surface area contributed by atoms with Crippen LogP contribution in [0.25, 0.3) is 0 Å². The Bertz CT molecular complexity index is 755. The maximum atomic E-state index is 6.17. The molecule has 2 aliphatic rings. The van der Waals surface area contributed by atoms with E-state index in [0.29, 0.717) is 6.42 Å². The van der Waals surface area contributed by atoms with Crippen molar-refractivity contribution in [1.82, 2.24) is 9.97 Å². The number of aromatic nitrogens is 2. The maximum absolute atomic E-state index is 6.17. The molecule has 0 atom stereocenters. The molecule has 1 aromatic heterocycles. The lowest BCUT2D eigenvalue weighted by Gasteiger charge is -2.27. The molecule has 2 N–H and O–H groups in total. The van der Waals surface area contributed by atoms with Gasteiger partial charge in [0.15, 0.2) is 0 Å². The maximum Gasteiger partial charge on any atom is 0.132 e. The summed E-state index contributed by atoms with van der Waals surface area (Å²) in [7, 11) is 0. The Labute approximate surface area is 148 Å². The topological polar surface area (TPSA) is 73.5 Å². The first-order valence-corrected chi connectivity index (χ1v) is 8.82. The van der Waals surface area contributed by atoms with Gasteiger partial charge in [-0.05, 0) is 43.5 Å². The lowest BCUT2D eigenvalue weighted by Crippen LogP contribution is -2.36. The number of benzene rings is 1. The molecule has 0 amide bonds. The van der Waals surface area contributed by atoms with Crippen molar-refractivity contribution >= 4 is 11.5 Å². The summed E-state index contributed by atoms with van der Waals surface area (Å²) < 4.78 is 11.5. The highest BCUT2D eigenvalue weighted by Gasteiger charge is 2.40. The third kappa shape index (κ3) is 3.85. The molecular formula is C19H24N4O2. The molecule has 2 aromatic rings. The summed E-state index contributed by atoms with van der Waals surface area (Å²) in [6, 6.07) is 7.94. The van der Waals surface area contributed by atoms with Gasteiger partial charge in [0.05, 0.1) is 18.9 Å². The van der Waals surface area contributed by atoms with Crippen molar-refractivity contribution < 1.29 is 9.47 Å². The van der Waals surface area contributed by atoms with Crippen molar-refractivity contribution in [1.29, 1.82) is 0 Å². The second-order valence-corrected chi connectivity index (χ2v) is 7.06.